The van der Waals surface area contributed by atoms with Crippen molar-refractivity contribution >= 4 is 23.3 Å². The molecule has 2 fully saturated rings. The van der Waals surface area contributed by atoms with Gasteiger partial charge in [0, 0.05) is 36.1 Å². The summed E-state index contributed by atoms with van der Waals surface area (Å²) in [5.74, 6) is 1.36. The number of thiophene rings is 1. The van der Waals surface area contributed by atoms with Gasteiger partial charge in [-0.1, -0.05) is 6.07 Å². The molecule has 0 aliphatic carbocycles. The summed E-state index contributed by atoms with van der Waals surface area (Å²) in [6.45, 7) is 7.37. The summed E-state index contributed by atoms with van der Waals surface area (Å²) in [4.78, 5) is 15.6. The molecule has 1 amide bonds. The van der Waals surface area contributed by atoms with Crippen molar-refractivity contribution in [2.75, 3.05) is 19.6 Å². The maximum absolute atomic E-state index is 12.4. The molecule has 0 radical (unpaired) electrons. The minimum absolute atomic E-state index is 0.0367. The second-order valence-electron chi connectivity index (χ2n) is 5.98. The Labute approximate surface area is 118 Å². The van der Waals surface area contributed by atoms with Crippen LogP contribution in [0.3, 0.4) is 0 Å². The van der Waals surface area contributed by atoms with Crippen LogP contribution in [0.5, 0.6) is 0 Å². The van der Waals surface area contributed by atoms with Gasteiger partial charge in [0.05, 0.1) is 0 Å². The first-order valence-corrected chi connectivity index (χ1v) is 7.71. The van der Waals surface area contributed by atoms with E-state index in [2.05, 4.69) is 19.2 Å². The Balaban J connectivity index is 1.74. The number of hydrogen-bond acceptors (Lipinski definition) is 3. The SMILES string of the molecule is CC1(C)C2CNCC2CN1C(=O)C=Cc1cccs1. The lowest BCUT2D eigenvalue weighted by Crippen LogP contribution is -2.47. The van der Waals surface area contributed by atoms with Crippen LogP contribution in [0.25, 0.3) is 6.08 Å². The van der Waals surface area contributed by atoms with Crippen LogP contribution in [0.2, 0.25) is 0 Å². The Morgan fingerprint density at radius 1 is 1.53 bits per heavy atom. The maximum Gasteiger partial charge on any atom is 0.247 e. The van der Waals surface area contributed by atoms with Crippen molar-refractivity contribution in [3.05, 3.63) is 28.5 Å². The average molecular weight is 276 g/mol. The lowest BCUT2D eigenvalue weighted by molar-refractivity contribution is -0.129. The summed E-state index contributed by atoms with van der Waals surface area (Å²) in [6, 6.07) is 4.03. The fourth-order valence-corrected chi connectivity index (χ4v) is 4.04. The van der Waals surface area contributed by atoms with Gasteiger partial charge >= 0.3 is 0 Å². The molecule has 102 valence electrons. The van der Waals surface area contributed by atoms with Crippen LogP contribution >= 0.6 is 11.3 Å². The number of nitrogens with zero attached hydrogens (tertiary/aromatic N) is 1. The highest BCUT2D eigenvalue weighted by Gasteiger charge is 2.50. The quantitative estimate of drug-likeness (QED) is 0.840. The van der Waals surface area contributed by atoms with Gasteiger partial charge in [0.1, 0.15) is 0 Å². The standard InChI is InChI=1S/C15H20N2OS/c1-15(2)13-9-16-8-11(13)10-17(15)14(18)6-5-12-4-3-7-19-12/h3-7,11,13,16H,8-10H2,1-2H3. The van der Waals surface area contributed by atoms with Crippen LogP contribution in [-0.4, -0.2) is 36.0 Å². The second kappa shape index (κ2) is 4.76. The first kappa shape index (κ1) is 12.9. The van der Waals surface area contributed by atoms with Gasteiger partial charge in [-0.15, -0.1) is 11.3 Å². The number of rotatable bonds is 2. The molecule has 0 aromatic carbocycles. The summed E-state index contributed by atoms with van der Waals surface area (Å²) >= 11 is 1.66. The van der Waals surface area contributed by atoms with Gasteiger partial charge < -0.3 is 10.2 Å². The molecular weight excluding hydrogens is 256 g/mol. The lowest BCUT2D eigenvalue weighted by Gasteiger charge is -2.35. The van der Waals surface area contributed by atoms with Gasteiger partial charge in [-0.2, -0.15) is 0 Å². The van der Waals surface area contributed by atoms with E-state index in [0.717, 1.165) is 24.5 Å². The third-order valence-corrected chi connectivity index (χ3v) is 5.40. The molecule has 1 N–H and O–H groups in total. The first-order chi connectivity index (χ1) is 9.09. The molecule has 19 heavy (non-hydrogen) atoms. The predicted molar refractivity (Wildman–Crippen MR) is 79.0 cm³/mol. The highest BCUT2D eigenvalue weighted by molar-refractivity contribution is 7.10. The Kier molecular flexibility index (Phi) is 3.23. The second-order valence-corrected chi connectivity index (χ2v) is 6.96. The zero-order chi connectivity index (χ0) is 13.5. The van der Waals surface area contributed by atoms with Crippen LogP contribution in [0.15, 0.2) is 23.6 Å². The Morgan fingerprint density at radius 2 is 2.37 bits per heavy atom. The number of hydrogen-bond donors (Lipinski definition) is 1. The van der Waals surface area contributed by atoms with E-state index in [0.29, 0.717) is 11.8 Å². The van der Waals surface area contributed by atoms with Gasteiger partial charge in [-0.3, -0.25) is 4.79 Å². The van der Waals surface area contributed by atoms with E-state index < -0.39 is 0 Å². The van der Waals surface area contributed by atoms with Gasteiger partial charge in [-0.25, -0.2) is 0 Å². The van der Waals surface area contributed by atoms with Crippen molar-refractivity contribution in [1.29, 1.82) is 0 Å². The molecule has 4 heteroatoms. The Hall–Kier alpha value is -1.13. The zero-order valence-electron chi connectivity index (χ0n) is 11.4. The lowest BCUT2D eigenvalue weighted by atomic mass is 9.85. The highest BCUT2D eigenvalue weighted by Crippen LogP contribution is 2.40. The monoisotopic (exact) mass is 276 g/mol. The fourth-order valence-electron chi connectivity index (χ4n) is 3.42. The number of nitrogens with one attached hydrogen (secondary N) is 1. The number of amides is 1. The van der Waals surface area contributed by atoms with E-state index in [-0.39, 0.29) is 11.4 Å². The first-order valence-electron chi connectivity index (χ1n) is 6.83. The number of carbonyl (C=O) groups excluding carboxylic acids is 1. The van der Waals surface area contributed by atoms with Crippen molar-refractivity contribution in [2.24, 2.45) is 11.8 Å². The molecule has 2 aliphatic rings. The van der Waals surface area contributed by atoms with Crippen molar-refractivity contribution in [1.82, 2.24) is 10.2 Å². The molecular formula is C15H20N2OS. The molecule has 3 rings (SSSR count). The molecule has 3 nitrogen and oxygen atoms in total. The summed E-state index contributed by atoms with van der Waals surface area (Å²) in [5.41, 5.74) is -0.0367. The van der Waals surface area contributed by atoms with Gasteiger partial charge in [-0.05, 0) is 43.2 Å². The third-order valence-electron chi connectivity index (χ3n) is 4.56. The minimum Gasteiger partial charge on any atom is -0.333 e. The topological polar surface area (TPSA) is 32.3 Å². The molecule has 2 atom stereocenters. The number of fused-ring (bicyclic) bond motifs is 1. The van der Waals surface area contributed by atoms with Crippen LogP contribution in [-0.2, 0) is 4.79 Å². The van der Waals surface area contributed by atoms with Crippen LogP contribution in [0, 0.1) is 11.8 Å². The van der Waals surface area contributed by atoms with Gasteiger partial charge in [0.2, 0.25) is 5.91 Å². The third kappa shape index (κ3) is 2.23. The normalized spacial score (nSPS) is 29.1. The Morgan fingerprint density at radius 3 is 3.05 bits per heavy atom. The van der Waals surface area contributed by atoms with E-state index in [1.807, 2.05) is 28.5 Å². The van der Waals surface area contributed by atoms with E-state index in [1.165, 1.54) is 0 Å². The molecule has 1 aromatic heterocycles. The van der Waals surface area contributed by atoms with Crippen LogP contribution < -0.4 is 5.32 Å². The summed E-state index contributed by atoms with van der Waals surface area (Å²) in [7, 11) is 0. The van der Waals surface area contributed by atoms with E-state index >= 15 is 0 Å². The molecule has 3 heterocycles. The van der Waals surface area contributed by atoms with Crippen molar-refractivity contribution in [3.8, 4) is 0 Å². The maximum atomic E-state index is 12.4. The molecule has 2 aliphatic heterocycles. The van der Waals surface area contributed by atoms with Gasteiger partial charge in [0.15, 0.2) is 0 Å². The summed E-state index contributed by atoms with van der Waals surface area (Å²) in [5, 5.41) is 5.47. The number of likely N-dealkylation sites (tertiary alicyclic amines) is 1. The molecule has 1 aromatic rings. The fraction of sp³-hybridized carbons (Fsp3) is 0.533. The van der Waals surface area contributed by atoms with Crippen molar-refractivity contribution < 1.29 is 4.79 Å². The average Bonchev–Trinajstić information content (AvgIpc) is 3.06. The molecule has 0 spiro atoms. The smallest absolute Gasteiger partial charge is 0.247 e. The number of carbonyl (C=O) groups is 1. The highest BCUT2D eigenvalue weighted by atomic mass is 32.1. The molecule has 2 unspecified atom stereocenters. The van der Waals surface area contributed by atoms with E-state index in [1.54, 1.807) is 17.4 Å². The Bertz CT molecular complexity index is 492. The predicted octanol–water partition coefficient (Wildman–Crippen LogP) is 2.22. The largest absolute Gasteiger partial charge is 0.333 e. The molecule has 2 saturated heterocycles. The molecule has 0 saturated carbocycles. The zero-order valence-corrected chi connectivity index (χ0v) is 12.2. The minimum atomic E-state index is -0.0367. The molecule has 0 bridgehead atoms. The van der Waals surface area contributed by atoms with E-state index in [4.69, 9.17) is 0 Å². The van der Waals surface area contributed by atoms with Crippen LogP contribution in [0.1, 0.15) is 18.7 Å². The summed E-state index contributed by atoms with van der Waals surface area (Å²) < 4.78 is 0. The van der Waals surface area contributed by atoms with Crippen molar-refractivity contribution in [3.63, 3.8) is 0 Å². The van der Waals surface area contributed by atoms with Crippen LogP contribution in [0.4, 0.5) is 0 Å². The van der Waals surface area contributed by atoms with Gasteiger partial charge in [0.25, 0.3) is 0 Å². The summed E-state index contributed by atoms with van der Waals surface area (Å²) in [6.07, 6.45) is 3.65. The van der Waals surface area contributed by atoms with Crippen molar-refractivity contribution in [2.45, 2.75) is 19.4 Å². The van der Waals surface area contributed by atoms with E-state index in [9.17, 15) is 4.79 Å².